The first-order valence-corrected chi connectivity index (χ1v) is 4.75. The van der Waals surface area contributed by atoms with E-state index < -0.39 is 6.10 Å². The topological polar surface area (TPSA) is 37.3 Å². The standard InChI is InChI=1S/C11H22O2/c1-10(2,3)7-8(12)9(13)11(4,5)6/h9,13H,7H2,1-6H3. The molecule has 0 spiro atoms. The summed E-state index contributed by atoms with van der Waals surface area (Å²) in [6, 6.07) is 0. The molecule has 0 aliphatic heterocycles. The SMILES string of the molecule is CC(C)(C)CC(=O)C(O)C(C)(C)C. The zero-order valence-corrected chi connectivity index (χ0v) is 9.64. The van der Waals surface area contributed by atoms with E-state index in [9.17, 15) is 9.90 Å². The summed E-state index contributed by atoms with van der Waals surface area (Å²) in [5.74, 6) is -0.0556. The lowest BCUT2D eigenvalue weighted by atomic mass is 9.81. The van der Waals surface area contributed by atoms with Crippen molar-refractivity contribution in [1.29, 1.82) is 0 Å². The van der Waals surface area contributed by atoms with Gasteiger partial charge in [-0.25, -0.2) is 0 Å². The second kappa shape index (κ2) is 3.79. The maximum absolute atomic E-state index is 11.6. The number of carbonyl (C=O) groups excluding carboxylic acids is 1. The first-order valence-electron chi connectivity index (χ1n) is 4.75. The Morgan fingerprint density at radius 3 is 1.77 bits per heavy atom. The zero-order valence-electron chi connectivity index (χ0n) is 9.64. The smallest absolute Gasteiger partial charge is 0.162 e. The number of ketones is 1. The van der Waals surface area contributed by atoms with Crippen molar-refractivity contribution in [2.75, 3.05) is 0 Å². The van der Waals surface area contributed by atoms with Crippen LogP contribution < -0.4 is 0 Å². The van der Waals surface area contributed by atoms with Crippen molar-refractivity contribution in [3.8, 4) is 0 Å². The predicted molar refractivity (Wildman–Crippen MR) is 54.5 cm³/mol. The molecule has 1 unspecified atom stereocenters. The van der Waals surface area contributed by atoms with Gasteiger partial charge < -0.3 is 5.11 Å². The van der Waals surface area contributed by atoms with Crippen molar-refractivity contribution < 1.29 is 9.90 Å². The summed E-state index contributed by atoms with van der Waals surface area (Å²) in [6.07, 6.45) is -0.405. The van der Waals surface area contributed by atoms with Gasteiger partial charge in [0, 0.05) is 6.42 Å². The highest BCUT2D eigenvalue weighted by Crippen LogP contribution is 2.26. The van der Waals surface area contributed by atoms with E-state index in [-0.39, 0.29) is 16.6 Å². The molecule has 78 valence electrons. The molecule has 0 saturated carbocycles. The molecule has 0 rings (SSSR count). The van der Waals surface area contributed by atoms with Crippen molar-refractivity contribution in [1.82, 2.24) is 0 Å². The number of aliphatic hydroxyl groups is 1. The molecule has 0 radical (unpaired) electrons. The highest BCUT2D eigenvalue weighted by Gasteiger charge is 2.30. The molecule has 1 N–H and O–H groups in total. The van der Waals surface area contributed by atoms with Crippen LogP contribution >= 0.6 is 0 Å². The molecule has 0 bridgehead atoms. The number of carbonyl (C=O) groups is 1. The molecule has 0 fully saturated rings. The monoisotopic (exact) mass is 186 g/mol. The van der Waals surface area contributed by atoms with Gasteiger partial charge in [-0.05, 0) is 10.8 Å². The molecular formula is C11H22O2. The molecular weight excluding hydrogens is 164 g/mol. The maximum Gasteiger partial charge on any atom is 0.162 e. The number of hydrogen-bond donors (Lipinski definition) is 1. The summed E-state index contributed by atoms with van der Waals surface area (Å²) in [5.41, 5.74) is -0.383. The van der Waals surface area contributed by atoms with E-state index in [4.69, 9.17) is 0 Å². The molecule has 0 aliphatic carbocycles. The fraction of sp³-hybridized carbons (Fsp3) is 0.909. The van der Waals surface area contributed by atoms with Crippen LogP contribution in [0.4, 0.5) is 0 Å². The summed E-state index contributed by atoms with van der Waals surface area (Å²) >= 11 is 0. The molecule has 0 aromatic rings. The second-order valence-corrected chi connectivity index (χ2v) is 5.97. The van der Waals surface area contributed by atoms with Crippen molar-refractivity contribution in [3.63, 3.8) is 0 Å². The van der Waals surface area contributed by atoms with Gasteiger partial charge in [-0.15, -0.1) is 0 Å². The maximum atomic E-state index is 11.6. The third kappa shape index (κ3) is 5.04. The van der Waals surface area contributed by atoms with Gasteiger partial charge in [0.15, 0.2) is 5.78 Å². The van der Waals surface area contributed by atoms with E-state index in [1.54, 1.807) is 0 Å². The Labute approximate surface area is 81.3 Å². The molecule has 0 aromatic heterocycles. The molecule has 2 heteroatoms. The molecule has 13 heavy (non-hydrogen) atoms. The average Bonchev–Trinajstić information content (AvgIpc) is 1.79. The number of rotatable bonds is 2. The lowest BCUT2D eigenvalue weighted by Crippen LogP contribution is -2.36. The minimum atomic E-state index is -0.841. The van der Waals surface area contributed by atoms with Gasteiger partial charge in [0.2, 0.25) is 0 Å². The highest BCUT2D eigenvalue weighted by molar-refractivity contribution is 5.84. The fourth-order valence-electron chi connectivity index (χ4n) is 1.10. The third-order valence-corrected chi connectivity index (χ3v) is 1.83. The van der Waals surface area contributed by atoms with Gasteiger partial charge in [-0.3, -0.25) is 4.79 Å². The normalized spacial score (nSPS) is 15.6. The first kappa shape index (κ1) is 12.6. The Balaban J connectivity index is 4.30. The van der Waals surface area contributed by atoms with Gasteiger partial charge in [-0.1, -0.05) is 41.5 Å². The van der Waals surface area contributed by atoms with Crippen LogP contribution in [0.25, 0.3) is 0 Å². The lowest BCUT2D eigenvalue weighted by Gasteiger charge is -2.27. The molecule has 2 nitrogen and oxygen atoms in total. The van der Waals surface area contributed by atoms with Crippen LogP contribution in [0.2, 0.25) is 0 Å². The van der Waals surface area contributed by atoms with Crippen molar-refractivity contribution >= 4 is 5.78 Å². The summed E-state index contributed by atoms with van der Waals surface area (Å²) in [5, 5.41) is 9.67. The minimum absolute atomic E-state index is 0.0384. The molecule has 1 atom stereocenters. The summed E-state index contributed by atoms with van der Waals surface area (Å²) in [4.78, 5) is 11.6. The van der Waals surface area contributed by atoms with E-state index in [2.05, 4.69) is 0 Å². The molecule has 0 amide bonds. The van der Waals surface area contributed by atoms with E-state index in [0.717, 1.165) is 0 Å². The molecule has 0 aromatic carbocycles. The third-order valence-electron chi connectivity index (χ3n) is 1.83. The van der Waals surface area contributed by atoms with Crippen molar-refractivity contribution in [2.45, 2.75) is 54.1 Å². The number of aliphatic hydroxyl groups excluding tert-OH is 1. The Morgan fingerprint density at radius 2 is 1.54 bits per heavy atom. The van der Waals surface area contributed by atoms with Crippen LogP contribution in [0, 0.1) is 10.8 Å². The van der Waals surface area contributed by atoms with Crippen molar-refractivity contribution in [3.05, 3.63) is 0 Å². The van der Waals surface area contributed by atoms with Gasteiger partial charge in [0.25, 0.3) is 0 Å². The second-order valence-electron chi connectivity index (χ2n) is 5.97. The Kier molecular flexibility index (Phi) is 3.68. The van der Waals surface area contributed by atoms with Crippen LogP contribution in [0.15, 0.2) is 0 Å². The lowest BCUT2D eigenvalue weighted by molar-refractivity contribution is -0.134. The van der Waals surface area contributed by atoms with Crippen LogP contribution in [-0.4, -0.2) is 17.0 Å². The van der Waals surface area contributed by atoms with E-state index in [0.29, 0.717) is 6.42 Å². The summed E-state index contributed by atoms with van der Waals surface area (Å²) in [6.45, 7) is 11.6. The average molecular weight is 186 g/mol. The minimum Gasteiger partial charge on any atom is -0.385 e. The van der Waals surface area contributed by atoms with Gasteiger partial charge >= 0.3 is 0 Å². The summed E-state index contributed by atoms with van der Waals surface area (Å²) < 4.78 is 0. The predicted octanol–water partition coefficient (Wildman–Crippen LogP) is 2.40. The highest BCUT2D eigenvalue weighted by atomic mass is 16.3. The zero-order chi connectivity index (χ0) is 10.9. The van der Waals surface area contributed by atoms with E-state index in [1.165, 1.54) is 0 Å². The van der Waals surface area contributed by atoms with Gasteiger partial charge in [-0.2, -0.15) is 0 Å². The van der Waals surface area contributed by atoms with Crippen LogP contribution in [0.3, 0.4) is 0 Å². The first-order chi connectivity index (χ1) is 5.54. The Morgan fingerprint density at radius 1 is 1.15 bits per heavy atom. The van der Waals surface area contributed by atoms with E-state index in [1.807, 2.05) is 41.5 Å². The Bertz CT molecular complexity index is 181. The number of hydrogen-bond acceptors (Lipinski definition) is 2. The quantitative estimate of drug-likeness (QED) is 0.719. The largest absolute Gasteiger partial charge is 0.385 e. The number of Topliss-reactive ketones (excluding diaryl/α,β-unsaturated/α-hetero) is 1. The van der Waals surface area contributed by atoms with Crippen LogP contribution in [0.1, 0.15) is 48.0 Å². The van der Waals surface area contributed by atoms with Crippen molar-refractivity contribution in [2.24, 2.45) is 10.8 Å². The van der Waals surface area contributed by atoms with Crippen LogP contribution in [-0.2, 0) is 4.79 Å². The van der Waals surface area contributed by atoms with E-state index >= 15 is 0 Å². The summed E-state index contributed by atoms with van der Waals surface area (Å²) in [7, 11) is 0. The molecule has 0 saturated heterocycles. The molecule has 0 heterocycles. The van der Waals surface area contributed by atoms with Gasteiger partial charge in [0.05, 0.1) is 0 Å². The van der Waals surface area contributed by atoms with Gasteiger partial charge in [0.1, 0.15) is 6.10 Å². The fourth-order valence-corrected chi connectivity index (χ4v) is 1.10. The van der Waals surface area contributed by atoms with Crippen LogP contribution in [0.5, 0.6) is 0 Å². The molecule has 0 aliphatic rings. The Hall–Kier alpha value is -0.370.